The molecule has 34 heavy (non-hydrogen) atoms. The topological polar surface area (TPSA) is 38.9 Å². The zero-order valence-corrected chi connectivity index (χ0v) is 20.6. The molecule has 0 aliphatic carbocycles. The first-order valence-corrected chi connectivity index (χ1v) is 11.9. The number of para-hydroxylation sites is 1. The van der Waals surface area contributed by atoms with Crippen LogP contribution in [-0.2, 0) is 5.41 Å². The highest BCUT2D eigenvalue weighted by Gasteiger charge is 2.20. The molecule has 3 nitrogen and oxygen atoms in total. The summed E-state index contributed by atoms with van der Waals surface area (Å²) in [5, 5.41) is 5.72. The minimum Gasteiger partial charge on any atom is -0.455 e. The van der Waals surface area contributed by atoms with Gasteiger partial charge in [-0.15, -0.1) is 0 Å². The number of benzene rings is 4. The van der Waals surface area contributed by atoms with Crippen molar-refractivity contribution in [3.05, 3.63) is 83.2 Å². The summed E-state index contributed by atoms with van der Waals surface area (Å²) in [6.07, 6.45) is 0. The van der Waals surface area contributed by atoms with Crippen molar-refractivity contribution in [2.75, 3.05) is 0 Å². The first-order valence-electron chi connectivity index (χ1n) is 11.9. The van der Waals surface area contributed by atoms with Gasteiger partial charge in [-0.1, -0.05) is 63.2 Å². The van der Waals surface area contributed by atoms with Crippen molar-refractivity contribution in [1.82, 2.24) is 9.97 Å². The summed E-state index contributed by atoms with van der Waals surface area (Å²) in [5.74, 6) is 0.762. The molecule has 0 aliphatic heterocycles. The number of rotatable bonds is 1. The number of aryl methyl sites for hydroxylation is 3. The summed E-state index contributed by atoms with van der Waals surface area (Å²) < 4.78 is 6.41. The summed E-state index contributed by atoms with van der Waals surface area (Å²) in [4.78, 5) is 9.87. The van der Waals surface area contributed by atoms with Gasteiger partial charge in [0, 0.05) is 27.1 Å². The molecule has 0 saturated carbocycles. The Kier molecular flexibility index (Phi) is 4.38. The molecule has 0 unspecified atom stereocenters. The smallest absolute Gasteiger partial charge is 0.144 e. The largest absolute Gasteiger partial charge is 0.455 e. The SMILES string of the molecule is Cc1ccc2c(c1)oc1c(-c3nc(C)nc4c3ccc3cc(C(C)(C)C)cc(C)c34)cccc12. The van der Waals surface area contributed by atoms with Gasteiger partial charge in [0.25, 0.3) is 0 Å². The molecule has 6 aromatic rings. The fourth-order valence-electron chi connectivity index (χ4n) is 5.10. The number of hydrogen-bond donors (Lipinski definition) is 0. The fourth-order valence-corrected chi connectivity index (χ4v) is 5.10. The van der Waals surface area contributed by atoms with Gasteiger partial charge < -0.3 is 4.42 Å². The summed E-state index contributed by atoms with van der Waals surface area (Å²) in [6.45, 7) is 13.0. The van der Waals surface area contributed by atoms with Crippen molar-refractivity contribution >= 4 is 43.6 Å². The maximum absolute atomic E-state index is 6.41. The summed E-state index contributed by atoms with van der Waals surface area (Å²) in [5.41, 5.74) is 8.58. The molecule has 3 heteroatoms. The highest BCUT2D eigenvalue weighted by molar-refractivity contribution is 6.15. The number of aromatic nitrogens is 2. The quantitative estimate of drug-likeness (QED) is 0.238. The maximum atomic E-state index is 6.41. The van der Waals surface area contributed by atoms with E-state index in [0.717, 1.165) is 49.9 Å². The molecule has 0 N–H and O–H groups in total. The van der Waals surface area contributed by atoms with Crippen LogP contribution in [0.5, 0.6) is 0 Å². The van der Waals surface area contributed by atoms with E-state index < -0.39 is 0 Å². The third-order valence-electron chi connectivity index (χ3n) is 6.87. The van der Waals surface area contributed by atoms with Crippen molar-refractivity contribution in [1.29, 1.82) is 0 Å². The van der Waals surface area contributed by atoms with E-state index in [9.17, 15) is 0 Å². The molecule has 0 bridgehead atoms. The predicted octanol–water partition coefficient (Wildman–Crippen LogP) is 8.57. The van der Waals surface area contributed by atoms with Crippen LogP contribution in [0, 0.1) is 20.8 Å². The molecule has 0 saturated heterocycles. The lowest BCUT2D eigenvalue weighted by Crippen LogP contribution is -2.11. The number of hydrogen-bond acceptors (Lipinski definition) is 3. The van der Waals surface area contributed by atoms with Crippen LogP contribution in [0.3, 0.4) is 0 Å². The Hall–Kier alpha value is -3.72. The number of furan rings is 1. The van der Waals surface area contributed by atoms with E-state index in [-0.39, 0.29) is 5.41 Å². The van der Waals surface area contributed by atoms with Gasteiger partial charge in [-0.3, -0.25) is 0 Å². The third-order valence-corrected chi connectivity index (χ3v) is 6.87. The van der Waals surface area contributed by atoms with Crippen molar-refractivity contribution in [2.24, 2.45) is 0 Å². The molecule has 4 aromatic carbocycles. The Morgan fingerprint density at radius 2 is 1.56 bits per heavy atom. The first-order chi connectivity index (χ1) is 16.2. The Bertz CT molecular complexity index is 1770. The molecule has 2 aromatic heterocycles. The Morgan fingerprint density at radius 3 is 2.35 bits per heavy atom. The Morgan fingerprint density at radius 1 is 0.765 bits per heavy atom. The average molecular weight is 445 g/mol. The molecule has 0 amide bonds. The van der Waals surface area contributed by atoms with E-state index in [2.05, 4.69) is 95.3 Å². The van der Waals surface area contributed by atoms with E-state index in [4.69, 9.17) is 14.4 Å². The summed E-state index contributed by atoms with van der Waals surface area (Å²) in [6, 6.07) is 21.7. The molecule has 0 spiro atoms. The van der Waals surface area contributed by atoms with Crippen LogP contribution in [-0.4, -0.2) is 9.97 Å². The van der Waals surface area contributed by atoms with Gasteiger partial charge in [-0.05, 0) is 66.5 Å². The van der Waals surface area contributed by atoms with Gasteiger partial charge in [-0.2, -0.15) is 0 Å². The van der Waals surface area contributed by atoms with Crippen LogP contribution in [0.15, 0.2) is 65.1 Å². The number of nitrogens with zero attached hydrogens (tertiary/aromatic N) is 2. The lowest BCUT2D eigenvalue weighted by Gasteiger charge is -2.21. The minimum absolute atomic E-state index is 0.0932. The number of fused-ring (bicyclic) bond motifs is 6. The molecule has 0 fully saturated rings. The highest BCUT2D eigenvalue weighted by Crippen LogP contribution is 2.40. The maximum Gasteiger partial charge on any atom is 0.144 e. The Balaban J connectivity index is 1.70. The van der Waals surface area contributed by atoms with Crippen LogP contribution in [0.2, 0.25) is 0 Å². The second-order valence-electron chi connectivity index (χ2n) is 10.5. The first kappa shape index (κ1) is 20.9. The lowest BCUT2D eigenvalue weighted by atomic mass is 9.84. The zero-order chi connectivity index (χ0) is 23.8. The highest BCUT2D eigenvalue weighted by atomic mass is 16.3. The molecule has 0 radical (unpaired) electrons. The van der Waals surface area contributed by atoms with Gasteiger partial charge in [0.1, 0.15) is 17.0 Å². The van der Waals surface area contributed by atoms with Crippen LogP contribution < -0.4 is 0 Å². The molecule has 0 atom stereocenters. The van der Waals surface area contributed by atoms with Gasteiger partial charge in [0.05, 0.1) is 11.2 Å². The fraction of sp³-hybridized carbons (Fsp3) is 0.226. The van der Waals surface area contributed by atoms with Crippen LogP contribution in [0.25, 0.3) is 54.9 Å². The van der Waals surface area contributed by atoms with Gasteiger partial charge in [0.2, 0.25) is 0 Å². The molecule has 2 heterocycles. The van der Waals surface area contributed by atoms with E-state index >= 15 is 0 Å². The van der Waals surface area contributed by atoms with E-state index in [0.29, 0.717) is 0 Å². The van der Waals surface area contributed by atoms with Crippen LogP contribution in [0.1, 0.15) is 43.3 Å². The van der Waals surface area contributed by atoms with E-state index in [1.165, 1.54) is 27.5 Å². The van der Waals surface area contributed by atoms with Crippen molar-refractivity contribution in [3.63, 3.8) is 0 Å². The van der Waals surface area contributed by atoms with Crippen molar-refractivity contribution in [2.45, 2.75) is 47.0 Å². The molecule has 6 rings (SSSR count). The second-order valence-corrected chi connectivity index (χ2v) is 10.5. The zero-order valence-electron chi connectivity index (χ0n) is 20.6. The molecule has 168 valence electrons. The lowest BCUT2D eigenvalue weighted by molar-refractivity contribution is 0.590. The van der Waals surface area contributed by atoms with Crippen molar-refractivity contribution in [3.8, 4) is 11.3 Å². The van der Waals surface area contributed by atoms with Crippen LogP contribution >= 0.6 is 0 Å². The van der Waals surface area contributed by atoms with E-state index in [1.54, 1.807) is 0 Å². The third kappa shape index (κ3) is 3.11. The normalized spacial score (nSPS) is 12.4. The van der Waals surface area contributed by atoms with Gasteiger partial charge in [-0.25, -0.2) is 9.97 Å². The van der Waals surface area contributed by atoms with E-state index in [1.807, 2.05) is 6.92 Å². The molecule has 0 aliphatic rings. The Labute approximate surface area is 199 Å². The van der Waals surface area contributed by atoms with Gasteiger partial charge in [0.15, 0.2) is 0 Å². The van der Waals surface area contributed by atoms with Crippen LogP contribution in [0.4, 0.5) is 0 Å². The monoisotopic (exact) mass is 444 g/mol. The van der Waals surface area contributed by atoms with Crippen molar-refractivity contribution < 1.29 is 4.42 Å². The average Bonchev–Trinajstić information content (AvgIpc) is 3.15. The predicted molar refractivity (Wildman–Crippen MR) is 143 cm³/mol. The standard InChI is InChI=1S/C31H28N2O/c1-17-10-12-22-23-8-7-9-25(30(23)34-26(22)14-17)28-24-13-11-20-16-21(31(4,5)6)15-18(2)27(20)29(24)33-19(3)32-28/h7-16H,1-6H3. The molecular formula is C31H28N2O. The molecular weight excluding hydrogens is 416 g/mol. The summed E-state index contributed by atoms with van der Waals surface area (Å²) in [7, 11) is 0. The summed E-state index contributed by atoms with van der Waals surface area (Å²) >= 11 is 0. The minimum atomic E-state index is 0.0932. The van der Waals surface area contributed by atoms with Gasteiger partial charge >= 0.3 is 0 Å². The second kappa shape index (κ2) is 7.14.